The maximum Gasteiger partial charge on any atom is 0.248 e. The number of hydrogen-bond donors (Lipinski definition) is 1. The SMILES string of the molecule is C=CCN(C(=O)[C@@H]1[C@H]2C(=O)N([C@H](C)CO)C(C(=O)N(CC=C)C3CCCCC3)C23CC(C)[C@@]1(C)O3)c1ccc(OCC)cc1. The van der Waals surface area contributed by atoms with Crippen LogP contribution in [0.15, 0.2) is 49.6 Å². The predicted molar refractivity (Wildman–Crippen MR) is 169 cm³/mol. The Morgan fingerprint density at radius 1 is 1.14 bits per heavy atom. The van der Waals surface area contributed by atoms with Crippen LogP contribution < -0.4 is 9.64 Å². The molecule has 3 saturated heterocycles. The van der Waals surface area contributed by atoms with Crippen molar-refractivity contribution in [3.63, 3.8) is 0 Å². The molecule has 3 aliphatic heterocycles. The van der Waals surface area contributed by atoms with Gasteiger partial charge in [0.15, 0.2) is 0 Å². The Morgan fingerprint density at radius 3 is 2.39 bits per heavy atom. The Bertz CT molecular complexity index is 1260. The molecule has 3 unspecified atom stereocenters. The van der Waals surface area contributed by atoms with Crippen molar-refractivity contribution in [2.24, 2.45) is 17.8 Å². The second kappa shape index (κ2) is 12.7. The average Bonchev–Trinajstić information content (AvgIpc) is 3.55. The van der Waals surface area contributed by atoms with Crippen LogP contribution in [-0.4, -0.2) is 88.3 Å². The van der Waals surface area contributed by atoms with Crippen molar-refractivity contribution >= 4 is 23.4 Å². The van der Waals surface area contributed by atoms with Crippen molar-refractivity contribution < 1.29 is 29.0 Å². The summed E-state index contributed by atoms with van der Waals surface area (Å²) < 4.78 is 12.6. The first kappa shape index (κ1) is 32.2. The number of anilines is 1. The van der Waals surface area contributed by atoms with E-state index < -0.39 is 35.1 Å². The van der Waals surface area contributed by atoms with E-state index in [4.69, 9.17) is 9.47 Å². The molecule has 1 aromatic carbocycles. The summed E-state index contributed by atoms with van der Waals surface area (Å²) in [6, 6.07) is 5.81. The smallest absolute Gasteiger partial charge is 0.248 e. The van der Waals surface area contributed by atoms with Gasteiger partial charge in [-0.25, -0.2) is 0 Å². The summed E-state index contributed by atoms with van der Waals surface area (Å²) in [5.74, 6) is -1.77. The standard InChI is InChI=1S/C35H49N3O6/c1-7-19-36(26-15-17-27(18-16-26)43-9-3)31(40)28-29-32(41)38(24(5)22-39)30(35(29)21-23(4)34(28,6)44-35)33(42)37(20-8-2)25-13-11-10-12-14-25/h7-8,15-18,23-25,28-30,39H,1-2,9-14,19-22H2,3-6H3/t23?,24-,28+,29+,30?,34-,35?/m1/s1. The number of carbonyl (C=O) groups excluding carboxylic acids is 3. The third-order valence-corrected chi connectivity index (χ3v) is 10.7. The van der Waals surface area contributed by atoms with Crippen LogP contribution in [-0.2, 0) is 19.1 Å². The number of amides is 3. The van der Waals surface area contributed by atoms with Crippen molar-refractivity contribution in [1.29, 1.82) is 0 Å². The molecule has 4 fully saturated rings. The summed E-state index contributed by atoms with van der Waals surface area (Å²) in [7, 11) is 0. The third-order valence-electron chi connectivity index (χ3n) is 10.7. The molecule has 44 heavy (non-hydrogen) atoms. The Kier molecular flexibility index (Phi) is 9.29. The van der Waals surface area contributed by atoms with Gasteiger partial charge in [-0.2, -0.15) is 0 Å². The van der Waals surface area contributed by atoms with Gasteiger partial charge in [-0.1, -0.05) is 38.3 Å². The maximum atomic E-state index is 14.8. The lowest BCUT2D eigenvalue weighted by atomic mass is 9.62. The number of carbonyl (C=O) groups is 3. The van der Waals surface area contributed by atoms with Gasteiger partial charge in [0, 0.05) is 24.8 Å². The van der Waals surface area contributed by atoms with E-state index in [1.165, 1.54) is 0 Å². The molecule has 7 atom stereocenters. The number of nitrogens with zero attached hydrogens (tertiary/aromatic N) is 3. The number of rotatable bonds is 12. The van der Waals surface area contributed by atoms with Gasteiger partial charge in [-0.15, -0.1) is 13.2 Å². The Labute approximate surface area is 261 Å². The number of hydrogen-bond acceptors (Lipinski definition) is 6. The fourth-order valence-electron chi connectivity index (χ4n) is 8.51. The molecule has 5 rings (SSSR count). The number of ether oxygens (including phenoxy) is 2. The molecule has 9 nitrogen and oxygen atoms in total. The van der Waals surface area contributed by atoms with Crippen LogP contribution in [0.25, 0.3) is 0 Å². The fraction of sp³-hybridized carbons (Fsp3) is 0.629. The topological polar surface area (TPSA) is 99.6 Å². The van der Waals surface area contributed by atoms with Crippen molar-refractivity contribution in [2.45, 2.75) is 95.5 Å². The molecule has 3 amide bonds. The summed E-state index contributed by atoms with van der Waals surface area (Å²) in [6.07, 6.45) is 8.94. The van der Waals surface area contributed by atoms with Crippen LogP contribution in [0, 0.1) is 17.8 Å². The molecule has 1 aromatic rings. The minimum atomic E-state index is -1.18. The monoisotopic (exact) mass is 607 g/mol. The van der Waals surface area contributed by atoms with Gasteiger partial charge in [0.05, 0.1) is 36.7 Å². The summed E-state index contributed by atoms with van der Waals surface area (Å²) in [6.45, 7) is 16.3. The lowest BCUT2D eigenvalue weighted by Crippen LogP contribution is -2.60. The van der Waals surface area contributed by atoms with Gasteiger partial charge >= 0.3 is 0 Å². The Balaban J connectivity index is 1.58. The second-order valence-electron chi connectivity index (χ2n) is 13.2. The highest BCUT2D eigenvalue weighted by Gasteiger charge is 2.80. The zero-order valence-electron chi connectivity index (χ0n) is 26.7. The normalized spacial score (nSPS) is 31.8. The number of likely N-dealkylation sites (tertiary alicyclic amines) is 1. The van der Waals surface area contributed by atoms with Crippen LogP contribution in [0.3, 0.4) is 0 Å². The van der Waals surface area contributed by atoms with E-state index in [1.807, 2.05) is 49.9 Å². The van der Waals surface area contributed by atoms with E-state index >= 15 is 0 Å². The Morgan fingerprint density at radius 2 is 1.80 bits per heavy atom. The lowest BCUT2D eigenvalue weighted by Gasteiger charge is -2.42. The Hall–Kier alpha value is -3.17. The van der Waals surface area contributed by atoms with Crippen molar-refractivity contribution in [3.8, 4) is 5.75 Å². The van der Waals surface area contributed by atoms with Crippen molar-refractivity contribution in [3.05, 3.63) is 49.6 Å². The fourth-order valence-corrected chi connectivity index (χ4v) is 8.51. The molecule has 1 spiro atoms. The summed E-state index contributed by atoms with van der Waals surface area (Å²) in [4.78, 5) is 49.1. The minimum Gasteiger partial charge on any atom is -0.494 e. The van der Waals surface area contributed by atoms with E-state index in [0.29, 0.717) is 31.0 Å². The largest absolute Gasteiger partial charge is 0.494 e. The van der Waals surface area contributed by atoms with Gasteiger partial charge in [0.1, 0.15) is 17.4 Å². The number of fused-ring (bicyclic) bond motifs is 1. The first-order chi connectivity index (χ1) is 21.1. The van der Waals surface area contributed by atoms with Crippen LogP contribution in [0.5, 0.6) is 5.75 Å². The highest BCUT2D eigenvalue weighted by Crippen LogP contribution is 2.66. The van der Waals surface area contributed by atoms with Gasteiger partial charge < -0.3 is 29.3 Å². The van der Waals surface area contributed by atoms with Crippen LogP contribution in [0.1, 0.15) is 66.2 Å². The van der Waals surface area contributed by atoms with E-state index in [2.05, 4.69) is 13.2 Å². The van der Waals surface area contributed by atoms with Gasteiger partial charge in [0.2, 0.25) is 17.7 Å². The number of aliphatic hydroxyl groups excluding tert-OH is 1. The van der Waals surface area contributed by atoms with Crippen LogP contribution in [0.2, 0.25) is 0 Å². The molecule has 0 aromatic heterocycles. The predicted octanol–water partition coefficient (Wildman–Crippen LogP) is 4.34. The number of benzene rings is 1. The highest BCUT2D eigenvalue weighted by atomic mass is 16.5. The third kappa shape index (κ3) is 5.06. The molecule has 1 saturated carbocycles. The molecule has 4 aliphatic rings. The quantitative estimate of drug-likeness (QED) is 0.355. The number of aliphatic hydroxyl groups is 1. The summed E-state index contributed by atoms with van der Waals surface area (Å²) in [5, 5.41) is 10.3. The highest BCUT2D eigenvalue weighted by molar-refractivity contribution is 6.03. The van der Waals surface area contributed by atoms with E-state index in [-0.39, 0.29) is 42.8 Å². The minimum absolute atomic E-state index is 0.0536. The maximum absolute atomic E-state index is 14.8. The molecular formula is C35H49N3O6. The molecule has 1 N–H and O–H groups in total. The summed E-state index contributed by atoms with van der Waals surface area (Å²) >= 11 is 0. The molecule has 2 bridgehead atoms. The first-order valence-corrected chi connectivity index (χ1v) is 16.3. The zero-order valence-corrected chi connectivity index (χ0v) is 26.7. The van der Waals surface area contributed by atoms with Gasteiger partial charge in [-0.3, -0.25) is 14.4 Å². The van der Waals surface area contributed by atoms with E-state index in [9.17, 15) is 19.5 Å². The molecule has 1 aliphatic carbocycles. The average molecular weight is 608 g/mol. The van der Waals surface area contributed by atoms with Crippen molar-refractivity contribution in [2.75, 3.05) is 31.2 Å². The lowest BCUT2D eigenvalue weighted by molar-refractivity contribution is -0.156. The van der Waals surface area contributed by atoms with E-state index in [0.717, 1.165) is 32.1 Å². The first-order valence-electron chi connectivity index (χ1n) is 16.3. The zero-order chi connectivity index (χ0) is 31.8. The molecular weight excluding hydrogens is 558 g/mol. The van der Waals surface area contributed by atoms with E-state index in [1.54, 1.807) is 28.9 Å². The summed E-state index contributed by atoms with van der Waals surface area (Å²) in [5.41, 5.74) is -1.47. The van der Waals surface area contributed by atoms with Gasteiger partial charge in [-0.05, 0) is 70.2 Å². The van der Waals surface area contributed by atoms with Gasteiger partial charge in [0.25, 0.3) is 0 Å². The molecule has 3 heterocycles. The van der Waals surface area contributed by atoms with Crippen molar-refractivity contribution in [1.82, 2.24) is 9.80 Å². The molecule has 9 heteroatoms. The molecule has 240 valence electrons. The van der Waals surface area contributed by atoms with Crippen LogP contribution >= 0.6 is 0 Å². The molecule has 0 radical (unpaired) electrons. The second-order valence-corrected chi connectivity index (χ2v) is 13.2. The van der Waals surface area contributed by atoms with Crippen LogP contribution in [0.4, 0.5) is 5.69 Å².